The molecule has 1 saturated carbocycles. The lowest BCUT2D eigenvalue weighted by Gasteiger charge is -2.25. The number of amides is 2. The van der Waals surface area contributed by atoms with Gasteiger partial charge in [-0.1, -0.05) is 25.7 Å². The lowest BCUT2D eigenvalue weighted by molar-refractivity contribution is -0.119. The average Bonchev–Trinajstić information content (AvgIpc) is 2.90. The molecule has 0 bridgehead atoms. The molecule has 27 heavy (non-hydrogen) atoms. The maximum Gasteiger partial charge on any atom is 0.267 e. The molecule has 1 aliphatic heterocycles. The number of benzene rings is 1. The van der Waals surface area contributed by atoms with E-state index in [1.54, 1.807) is 0 Å². The molecule has 1 fully saturated rings. The van der Waals surface area contributed by atoms with E-state index >= 15 is 0 Å². The van der Waals surface area contributed by atoms with Gasteiger partial charge in [0.2, 0.25) is 5.91 Å². The van der Waals surface area contributed by atoms with Crippen molar-refractivity contribution in [1.29, 1.82) is 0 Å². The summed E-state index contributed by atoms with van der Waals surface area (Å²) in [4.78, 5) is 24.5. The molecule has 0 saturated heterocycles. The fourth-order valence-electron chi connectivity index (χ4n) is 3.33. The molecule has 0 aromatic heterocycles. The number of nitrogens with zero attached hydrogens (tertiary/aromatic N) is 2. The number of hydrazone groups is 1. The van der Waals surface area contributed by atoms with E-state index in [0.717, 1.165) is 38.5 Å². The van der Waals surface area contributed by atoms with Crippen LogP contribution in [-0.2, 0) is 9.59 Å². The molecule has 1 aromatic rings. The van der Waals surface area contributed by atoms with Gasteiger partial charge in [-0.15, -0.1) is 0 Å². The summed E-state index contributed by atoms with van der Waals surface area (Å²) in [6, 6.07) is 0.0141. The molecule has 0 unspecified atom stereocenters. The van der Waals surface area contributed by atoms with E-state index in [9.17, 15) is 27.2 Å². The van der Waals surface area contributed by atoms with Gasteiger partial charge in [-0.25, -0.2) is 17.6 Å². The normalized spacial score (nSPS) is 18.9. The van der Waals surface area contributed by atoms with E-state index in [1.165, 1.54) is 0 Å². The van der Waals surface area contributed by atoms with E-state index in [1.807, 2.05) is 0 Å². The number of halogens is 4. The molecule has 3 rings (SSSR count). The second-order valence-corrected chi connectivity index (χ2v) is 6.73. The van der Waals surface area contributed by atoms with Crippen LogP contribution >= 0.6 is 0 Å². The van der Waals surface area contributed by atoms with Crippen molar-refractivity contribution in [2.45, 2.75) is 57.4 Å². The van der Waals surface area contributed by atoms with Crippen LogP contribution in [0.3, 0.4) is 0 Å². The van der Waals surface area contributed by atoms with Crippen molar-refractivity contribution < 1.29 is 27.2 Å². The summed E-state index contributed by atoms with van der Waals surface area (Å²) in [5, 5.41) is 6.76. The monoisotopic (exact) mass is 385 g/mol. The van der Waals surface area contributed by atoms with Gasteiger partial charge < -0.3 is 5.32 Å². The zero-order valence-corrected chi connectivity index (χ0v) is 14.5. The first kappa shape index (κ1) is 19.3. The van der Waals surface area contributed by atoms with Gasteiger partial charge in [0.25, 0.3) is 5.91 Å². The Bertz CT molecular complexity index is 763. The van der Waals surface area contributed by atoms with Crippen molar-refractivity contribution in [1.82, 2.24) is 5.32 Å². The van der Waals surface area contributed by atoms with E-state index in [4.69, 9.17) is 0 Å². The highest BCUT2D eigenvalue weighted by Crippen LogP contribution is 2.30. The third-order valence-corrected chi connectivity index (χ3v) is 4.79. The first-order chi connectivity index (χ1) is 12.9. The van der Waals surface area contributed by atoms with Crippen molar-refractivity contribution in [3.8, 4) is 0 Å². The fraction of sp³-hybridized carbons (Fsp3) is 0.500. The lowest BCUT2D eigenvalue weighted by atomic mass is 10.1. The molecule has 0 atom stereocenters. The van der Waals surface area contributed by atoms with Gasteiger partial charge in [0.1, 0.15) is 11.4 Å². The summed E-state index contributed by atoms with van der Waals surface area (Å²) >= 11 is 0. The van der Waals surface area contributed by atoms with Crippen molar-refractivity contribution in [2.75, 3.05) is 5.01 Å². The van der Waals surface area contributed by atoms with Crippen molar-refractivity contribution in [3.63, 3.8) is 0 Å². The first-order valence-corrected chi connectivity index (χ1v) is 8.92. The average molecular weight is 385 g/mol. The molecule has 1 aliphatic carbocycles. The summed E-state index contributed by atoms with van der Waals surface area (Å²) in [5.41, 5.74) is -1.36. The van der Waals surface area contributed by atoms with Crippen LogP contribution in [0.2, 0.25) is 0 Å². The summed E-state index contributed by atoms with van der Waals surface area (Å²) in [6.45, 7) is 0. The van der Waals surface area contributed by atoms with Crippen LogP contribution in [0, 0.1) is 23.3 Å². The molecular formula is C18H19F4N3O2. The highest BCUT2D eigenvalue weighted by molar-refractivity contribution is 6.40. The number of hydrogen-bond acceptors (Lipinski definition) is 3. The van der Waals surface area contributed by atoms with Gasteiger partial charge in [0, 0.05) is 24.9 Å². The molecule has 146 valence electrons. The molecule has 2 amide bonds. The molecule has 1 heterocycles. The minimum atomic E-state index is -1.74. The van der Waals surface area contributed by atoms with Crippen LogP contribution in [0.1, 0.15) is 51.4 Å². The summed E-state index contributed by atoms with van der Waals surface area (Å²) in [7, 11) is 0. The molecule has 0 radical (unpaired) electrons. The quantitative estimate of drug-likeness (QED) is 0.491. The standard InChI is InChI=1S/C18H19F4N3O2/c19-11-9-12(20)16(22)17(15(11)21)25-14(26)8-7-13(24-25)18(27)23-10-5-3-1-2-4-6-10/h9-10H,1-8H2,(H,23,27). The maximum absolute atomic E-state index is 14.0. The predicted octanol–water partition coefficient (Wildman–Crippen LogP) is 3.56. The Labute approximate surface area is 153 Å². The SMILES string of the molecule is O=C(NC1CCCCCC1)C1=NN(c2c(F)c(F)cc(F)c2F)C(=O)CC1. The van der Waals surface area contributed by atoms with Gasteiger partial charge in [0.15, 0.2) is 23.3 Å². The molecule has 0 spiro atoms. The highest BCUT2D eigenvalue weighted by atomic mass is 19.2. The number of hydrogen-bond donors (Lipinski definition) is 1. The Balaban J connectivity index is 1.87. The number of anilines is 1. The minimum absolute atomic E-state index is 0.0189. The number of carbonyl (C=O) groups excluding carboxylic acids is 2. The van der Waals surface area contributed by atoms with E-state index in [2.05, 4.69) is 10.4 Å². The van der Waals surface area contributed by atoms with Crippen molar-refractivity contribution in [3.05, 3.63) is 29.3 Å². The summed E-state index contributed by atoms with van der Waals surface area (Å²) < 4.78 is 54.9. The van der Waals surface area contributed by atoms with Gasteiger partial charge in [-0.3, -0.25) is 9.59 Å². The highest BCUT2D eigenvalue weighted by Gasteiger charge is 2.32. The van der Waals surface area contributed by atoms with Crippen LogP contribution in [0.5, 0.6) is 0 Å². The predicted molar refractivity (Wildman–Crippen MR) is 90.1 cm³/mol. The van der Waals surface area contributed by atoms with Crippen LogP contribution in [0.15, 0.2) is 11.2 Å². The maximum atomic E-state index is 14.0. The second kappa shape index (κ2) is 8.06. The first-order valence-electron chi connectivity index (χ1n) is 8.92. The molecular weight excluding hydrogens is 366 g/mol. The Morgan fingerprint density at radius 1 is 1.00 bits per heavy atom. The second-order valence-electron chi connectivity index (χ2n) is 6.73. The van der Waals surface area contributed by atoms with Gasteiger partial charge in [0.05, 0.1) is 0 Å². The summed E-state index contributed by atoms with van der Waals surface area (Å²) in [5.74, 6) is -8.18. The Hall–Kier alpha value is -2.45. The molecule has 1 aromatic carbocycles. The third kappa shape index (κ3) is 4.12. The van der Waals surface area contributed by atoms with Crippen LogP contribution < -0.4 is 10.3 Å². The van der Waals surface area contributed by atoms with Crippen LogP contribution in [-0.4, -0.2) is 23.6 Å². The molecule has 5 nitrogen and oxygen atoms in total. The Morgan fingerprint density at radius 3 is 2.19 bits per heavy atom. The fourth-order valence-corrected chi connectivity index (χ4v) is 3.33. The van der Waals surface area contributed by atoms with E-state index in [-0.39, 0.29) is 35.7 Å². The van der Waals surface area contributed by atoms with Crippen molar-refractivity contribution in [2.24, 2.45) is 5.10 Å². The smallest absolute Gasteiger partial charge is 0.267 e. The molecule has 2 aliphatic rings. The Morgan fingerprint density at radius 2 is 1.59 bits per heavy atom. The minimum Gasteiger partial charge on any atom is -0.348 e. The van der Waals surface area contributed by atoms with Gasteiger partial charge in [-0.05, 0) is 12.8 Å². The lowest BCUT2D eigenvalue weighted by Crippen LogP contribution is -2.43. The van der Waals surface area contributed by atoms with E-state index in [0.29, 0.717) is 0 Å². The number of rotatable bonds is 3. The Kier molecular flexibility index (Phi) is 5.76. The molecule has 9 heteroatoms. The van der Waals surface area contributed by atoms with Gasteiger partial charge >= 0.3 is 0 Å². The van der Waals surface area contributed by atoms with Crippen LogP contribution in [0.25, 0.3) is 0 Å². The topological polar surface area (TPSA) is 61.8 Å². The summed E-state index contributed by atoms with van der Waals surface area (Å²) in [6.07, 6.45) is 5.53. The number of carbonyl (C=O) groups is 2. The van der Waals surface area contributed by atoms with Gasteiger partial charge in [-0.2, -0.15) is 10.1 Å². The van der Waals surface area contributed by atoms with Crippen LogP contribution in [0.4, 0.5) is 23.2 Å². The molecule has 1 N–H and O–H groups in total. The number of nitrogens with one attached hydrogen (secondary N) is 1. The third-order valence-electron chi connectivity index (χ3n) is 4.79. The zero-order chi connectivity index (χ0) is 19.6. The van der Waals surface area contributed by atoms with Crippen molar-refractivity contribution >= 4 is 23.2 Å². The van der Waals surface area contributed by atoms with E-state index < -0.39 is 40.8 Å². The zero-order valence-electron chi connectivity index (χ0n) is 14.5. The largest absolute Gasteiger partial charge is 0.348 e.